The van der Waals surface area contributed by atoms with E-state index in [0.717, 1.165) is 49.9 Å². The predicted octanol–water partition coefficient (Wildman–Crippen LogP) is 3.86. The van der Waals surface area contributed by atoms with Gasteiger partial charge in [-0.25, -0.2) is 26.9 Å². The van der Waals surface area contributed by atoms with Crippen LogP contribution in [0.5, 0.6) is 0 Å². The number of hydrogen-bond acceptors (Lipinski definition) is 9. The average molecular weight is 594 g/mol. The molecule has 10 nitrogen and oxygen atoms in total. The third-order valence-corrected chi connectivity index (χ3v) is 11.7. The van der Waals surface area contributed by atoms with E-state index in [-0.39, 0.29) is 38.5 Å². The number of nitrogens with one attached hydrogen (secondary N) is 1. The molecule has 4 aliphatic rings. The zero-order valence-electron chi connectivity index (χ0n) is 22.4. The molecule has 0 bridgehead atoms. The molecule has 2 aliphatic carbocycles. The Morgan fingerprint density at radius 3 is 2.48 bits per heavy atom. The molecule has 2 saturated heterocycles. The summed E-state index contributed by atoms with van der Waals surface area (Å²) in [6.45, 7) is 5.88. The smallest absolute Gasteiger partial charge is 0.291 e. The summed E-state index contributed by atoms with van der Waals surface area (Å²) in [6.07, 6.45) is 2.30. The van der Waals surface area contributed by atoms with E-state index in [0.29, 0.717) is 42.2 Å². The van der Waals surface area contributed by atoms with Crippen LogP contribution in [0.2, 0.25) is 0 Å². The average Bonchev–Trinajstić information content (AvgIpc) is 3.77. The molecule has 14 heteroatoms. The van der Waals surface area contributed by atoms with E-state index in [1.807, 2.05) is 13.8 Å². The molecule has 2 atom stereocenters. The number of nitrogens with two attached hydrogens (primary N) is 1. The Hall–Kier alpha value is -2.26. The van der Waals surface area contributed by atoms with Crippen LogP contribution in [0.1, 0.15) is 75.5 Å². The van der Waals surface area contributed by atoms with Crippen molar-refractivity contribution in [3.05, 3.63) is 23.0 Å². The SMILES string of the molecule is C[C@H]1OCC2(CCN(c3cc(S(=O)(=O)NC4(C)CC4)cc4c3nc(C3CC3)n4-c3nnc(C(F)F)s3)CC2)[C@H]1N. The van der Waals surface area contributed by atoms with E-state index in [2.05, 4.69) is 19.8 Å². The third kappa shape index (κ3) is 4.42. The monoisotopic (exact) mass is 593 g/mol. The highest BCUT2D eigenvalue weighted by atomic mass is 32.2. The quantitative estimate of drug-likeness (QED) is 0.423. The van der Waals surface area contributed by atoms with Gasteiger partial charge in [-0.1, -0.05) is 11.3 Å². The lowest BCUT2D eigenvalue weighted by Gasteiger charge is -2.42. The zero-order valence-corrected chi connectivity index (χ0v) is 24.1. The van der Waals surface area contributed by atoms with Gasteiger partial charge in [0.15, 0.2) is 5.01 Å². The van der Waals surface area contributed by atoms with Crippen molar-refractivity contribution in [2.45, 2.75) is 87.3 Å². The number of fused-ring (bicyclic) bond motifs is 1. The molecule has 4 fully saturated rings. The van der Waals surface area contributed by atoms with Crippen LogP contribution in [0.3, 0.4) is 0 Å². The maximum absolute atomic E-state index is 13.6. The normalized spacial score (nSPS) is 25.9. The van der Waals surface area contributed by atoms with Crippen molar-refractivity contribution in [3.8, 4) is 5.13 Å². The fourth-order valence-electron chi connectivity index (χ4n) is 6.11. The molecule has 2 saturated carbocycles. The molecule has 216 valence electrons. The Labute approximate surface area is 235 Å². The third-order valence-electron chi connectivity index (χ3n) is 9.13. The van der Waals surface area contributed by atoms with Gasteiger partial charge >= 0.3 is 0 Å². The highest BCUT2D eigenvalue weighted by Crippen LogP contribution is 2.47. The number of aromatic nitrogens is 4. The number of alkyl halides is 2. The first-order chi connectivity index (χ1) is 19.0. The van der Waals surface area contributed by atoms with Gasteiger partial charge < -0.3 is 15.4 Å². The van der Waals surface area contributed by atoms with Crippen LogP contribution in [-0.2, 0) is 14.8 Å². The molecule has 0 amide bonds. The van der Waals surface area contributed by atoms with Crippen molar-refractivity contribution < 1.29 is 21.9 Å². The van der Waals surface area contributed by atoms with Crippen molar-refractivity contribution in [1.82, 2.24) is 24.5 Å². The number of hydrogen-bond donors (Lipinski definition) is 2. The van der Waals surface area contributed by atoms with E-state index in [1.54, 1.807) is 16.7 Å². The second kappa shape index (κ2) is 9.12. The first kappa shape index (κ1) is 26.6. The highest BCUT2D eigenvalue weighted by molar-refractivity contribution is 7.89. The summed E-state index contributed by atoms with van der Waals surface area (Å²) in [5, 5.41) is 7.66. The molecule has 2 aliphatic heterocycles. The lowest BCUT2D eigenvalue weighted by atomic mass is 9.73. The number of anilines is 1. The zero-order chi connectivity index (χ0) is 28.0. The van der Waals surface area contributed by atoms with Crippen LogP contribution in [0, 0.1) is 5.41 Å². The van der Waals surface area contributed by atoms with E-state index < -0.39 is 22.0 Å². The number of ether oxygens (including phenoxy) is 1. The minimum Gasteiger partial charge on any atom is -0.376 e. The van der Waals surface area contributed by atoms with Gasteiger partial charge in [0.25, 0.3) is 6.43 Å². The van der Waals surface area contributed by atoms with Gasteiger partial charge in [-0.05, 0) is 64.5 Å². The van der Waals surface area contributed by atoms with Crippen LogP contribution in [0.15, 0.2) is 17.0 Å². The summed E-state index contributed by atoms with van der Waals surface area (Å²) >= 11 is 0.805. The molecule has 4 heterocycles. The maximum Gasteiger partial charge on any atom is 0.291 e. The van der Waals surface area contributed by atoms with Gasteiger partial charge in [-0.15, -0.1) is 10.2 Å². The Morgan fingerprint density at radius 1 is 1.18 bits per heavy atom. The number of nitrogens with zero attached hydrogens (tertiary/aromatic N) is 5. The van der Waals surface area contributed by atoms with E-state index in [9.17, 15) is 17.2 Å². The molecule has 3 N–H and O–H groups in total. The van der Waals surface area contributed by atoms with Crippen LogP contribution in [-0.4, -0.2) is 65.5 Å². The van der Waals surface area contributed by atoms with Crippen LogP contribution in [0.4, 0.5) is 14.5 Å². The van der Waals surface area contributed by atoms with Gasteiger partial charge in [0.1, 0.15) is 11.3 Å². The summed E-state index contributed by atoms with van der Waals surface area (Å²) in [7, 11) is -3.86. The summed E-state index contributed by atoms with van der Waals surface area (Å²) in [6, 6.07) is 3.26. The Kier molecular flexibility index (Phi) is 6.07. The van der Waals surface area contributed by atoms with Crippen molar-refractivity contribution >= 4 is 38.1 Å². The van der Waals surface area contributed by atoms with Gasteiger partial charge in [0.05, 0.1) is 28.8 Å². The first-order valence-corrected chi connectivity index (χ1v) is 16.1. The summed E-state index contributed by atoms with van der Waals surface area (Å²) in [5.74, 6) is 0.862. The summed E-state index contributed by atoms with van der Waals surface area (Å²) in [5.41, 5.74) is 7.89. The number of benzene rings is 1. The Bertz CT molecular complexity index is 1570. The second-order valence-corrected chi connectivity index (χ2v) is 14.8. The molecule has 0 radical (unpaired) electrons. The van der Waals surface area contributed by atoms with Crippen LogP contribution in [0.25, 0.3) is 16.2 Å². The molecule has 1 spiro atoms. The van der Waals surface area contributed by atoms with Crippen molar-refractivity contribution in [3.63, 3.8) is 0 Å². The first-order valence-electron chi connectivity index (χ1n) is 13.8. The second-order valence-electron chi connectivity index (χ2n) is 12.2. The minimum atomic E-state index is -3.86. The Morgan fingerprint density at radius 2 is 1.90 bits per heavy atom. The van der Waals surface area contributed by atoms with Crippen LogP contribution < -0.4 is 15.4 Å². The number of piperidine rings is 1. The van der Waals surface area contributed by atoms with Gasteiger partial charge in [-0.2, -0.15) is 0 Å². The van der Waals surface area contributed by atoms with Crippen molar-refractivity contribution in [2.75, 3.05) is 24.6 Å². The molecule has 3 aromatic rings. The van der Waals surface area contributed by atoms with E-state index >= 15 is 0 Å². The topological polar surface area (TPSA) is 128 Å². The van der Waals surface area contributed by atoms with Gasteiger partial charge in [-0.3, -0.25) is 4.57 Å². The van der Waals surface area contributed by atoms with Crippen molar-refractivity contribution in [1.29, 1.82) is 0 Å². The van der Waals surface area contributed by atoms with Gasteiger partial charge in [0.2, 0.25) is 15.2 Å². The molecule has 2 aromatic heterocycles. The van der Waals surface area contributed by atoms with E-state index in [4.69, 9.17) is 15.5 Å². The standard InChI is InChI=1S/C26H33F2N7O3S2/c1-14-20(29)26(13-38-14)7-9-34(10-8-26)17-11-16(40(36,37)33-25(2)5-6-25)12-18-19(17)30-22(15-3-4-15)35(18)24-32-31-23(39-24)21(27)28/h11-12,14-15,20-21,33H,3-10,13,29H2,1-2H3/t14-,20+/m1/s1. The molecular weight excluding hydrogens is 560 g/mol. The van der Waals surface area contributed by atoms with Gasteiger partial charge in [0, 0.05) is 36.0 Å². The largest absolute Gasteiger partial charge is 0.376 e. The maximum atomic E-state index is 13.6. The fraction of sp³-hybridized carbons (Fsp3) is 0.654. The Balaban J connectivity index is 1.36. The van der Waals surface area contributed by atoms with Crippen LogP contribution >= 0.6 is 11.3 Å². The van der Waals surface area contributed by atoms with Crippen molar-refractivity contribution in [2.24, 2.45) is 11.1 Å². The number of halogens is 2. The molecule has 40 heavy (non-hydrogen) atoms. The molecular formula is C26H33F2N7O3S2. The number of sulfonamides is 1. The lowest BCUT2D eigenvalue weighted by Crippen LogP contribution is -2.50. The molecule has 1 aromatic carbocycles. The summed E-state index contributed by atoms with van der Waals surface area (Å²) < 4.78 is 64.6. The fourth-order valence-corrected chi connectivity index (χ4v) is 8.34. The number of imidazole rings is 1. The van der Waals surface area contributed by atoms with E-state index in [1.165, 1.54) is 0 Å². The molecule has 0 unspecified atom stereocenters. The summed E-state index contributed by atoms with van der Waals surface area (Å²) in [4.78, 5) is 7.32. The lowest BCUT2D eigenvalue weighted by molar-refractivity contribution is 0.0974. The highest BCUT2D eigenvalue weighted by Gasteiger charge is 2.48. The number of rotatable bonds is 7. The predicted molar refractivity (Wildman–Crippen MR) is 147 cm³/mol. The minimum absolute atomic E-state index is 0.00317. The molecule has 7 rings (SSSR count).